The van der Waals surface area contributed by atoms with Crippen molar-refractivity contribution in [3.8, 4) is 5.75 Å². The summed E-state index contributed by atoms with van der Waals surface area (Å²) in [6.45, 7) is 2.53. The topological polar surface area (TPSA) is 90.4 Å². The summed E-state index contributed by atoms with van der Waals surface area (Å²) in [5.41, 5.74) is 1.86. The van der Waals surface area contributed by atoms with Crippen LogP contribution in [-0.2, 0) is 13.0 Å². The van der Waals surface area contributed by atoms with Crippen LogP contribution in [0.25, 0.3) is 11.0 Å². The van der Waals surface area contributed by atoms with Crippen LogP contribution in [0.1, 0.15) is 25.6 Å². The van der Waals surface area contributed by atoms with E-state index in [1.807, 2.05) is 28.8 Å². The number of hydrogen-bond acceptors (Lipinski definition) is 5. The van der Waals surface area contributed by atoms with E-state index in [-0.39, 0.29) is 12.3 Å². The molecule has 2 aromatic carbocycles. The van der Waals surface area contributed by atoms with Gasteiger partial charge in [-0.3, -0.25) is 10.1 Å². The Balaban J connectivity index is 1.71. The Bertz CT molecular complexity index is 922. The first-order valence-corrected chi connectivity index (χ1v) is 9.08. The van der Waals surface area contributed by atoms with Crippen molar-refractivity contribution < 1.29 is 14.8 Å². The first-order chi connectivity index (χ1) is 13.1. The van der Waals surface area contributed by atoms with Crippen molar-refractivity contribution in [1.29, 1.82) is 0 Å². The van der Waals surface area contributed by atoms with Crippen LogP contribution < -0.4 is 4.74 Å². The number of aryl methyl sites for hydroxylation is 1. The van der Waals surface area contributed by atoms with Crippen LogP contribution in [0.5, 0.6) is 5.75 Å². The first-order valence-electron chi connectivity index (χ1n) is 9.08. The van der Waals surface area contributed by atoms with Gasteiger partial charge in [0, 0.05) is 12.5 Å². The number of aliphatic hydroxyl groups is 1. The summed E-state index contributed by atoms with van der Waals surface area (Å²) in [7, 11) is 0. The molecule has 1 aromatic heterocycles. The van der Waals surface area contributed by atoms with Gasteiger partial charge >= 0.3 is 0 Å². The van der Waals surface area contributed by atoms with E-state index in [4.69, 9.17) is 4.74 Å². The Morgan fingerprint density at radius 1 is 1.26 bits per heavy atom. The van der Waals surface area contributed by atoms with E-state index < -0.39 is 11.0 Å². The van der Waals surface area contributed by atoms with E-state index in [0.29, 0.717) is 12.3 Å². The number of para-hydroxylation sites is 2. The molecule has 0 spiro atoms. The standard InChI is InChI=1S/C20H23N3O4/c1-2-3-11-20-21-18-9-4-5-10-19(18)22(20)13-16(24)14-27-17-8-6-7-15(12-17)23(25)26/h4-10,12,16,24H,2-3,11,13-14H2,1H3. The lowest BCUT2D eigenvalue weighted by molar-refractivity contribution is -0.384. The lowest BCUT2D eigenvalue weighted by Gasteiger charge is -2.15. The minimum atomic E-state index is -0.762. The molecule has 0 aliphatic carbocycles. The summed E-state index contributed by atoms with van der Waals surface area (Å²) < 4.78 is 7.59. The summed E-state index contributed by atoms with van der Waals surface area (Å²) in [4.78, 5) is 15.1. The van der Waals surface area contributed by atoms with Gasteiger partial charge < -0.3 is 14.4 Å². The van der Waals surface area contributed by atoms with Gasteiger partial charge in [-0.15, -0.1) is 0 Å². The average Bonchev–Trinajstić information content (AvgIpc) is 3.02. The van der Waals surface area contributed by atoms with Gasteiger partial charge in [0.15, 0.2) is 0 Å². The fourth-order valence-electron chi connectivity index (χ4n) is 3.00. The van der Waals surface area contributed by atoms with E-state index in [2.05, 4.69) is 11.9 Å². The van der Waals surface area contributed by atoms with E-state index in [1.165, 1.54) is 12.1 Å². The maximum atomic E-state index is 10.8. The number of nitrogens with zero attached hydrogens (tertiary/aromatic N) is 3. The van der Waals surface area contributed by atoms with E-state index >= 15 is 0 Å². The zero-order chi connectivity index (χ0) is 19.2. The van der Waals surface area contributed by atoms with Crippen LogP contribution in [0.4, 0.5) is 5.69 Å². The largest absolute Gasteiger partial charge is 0.491 e. The van der Waals surface area contributed by atoms with Gasteiger partial charge in [-0.1, -0.05) is 31.5 Å². The van der Waals surface area contributed by atoms with E-state index in [0.717, 1.165) is 36.1 Å². The molecule has 0 aliphatic rings. The fraction of sp³-hybridized carbons (Fsp3) is 0.350. The van der Waals surface area contributed by atoms with Crippen LogP contribution in [0.15, 0.2) is 48.5 Å². The molecule has 1 N–H and O–H groups in total. The third-order valence-corrected chi connectivity index (χ3v) is 4.35. The molecule has 0 radical (unpaired) electrons. The molecule has 0 saturated heterocycles. The van der Waals surface area contributed by atoms with Crippen molar-refractivity contribution in [2.24, 2.45) is 0 Å². The molecule has 1 heterocycles. The highest BCUT2D eigenvalue weighted by atomic mass is 16.6. The van der Waals surface area contributed by atoms with Crippen LogP contribution >= 0.6 is 0 Å². The van der Waals surface area contributed by atoms with Gasteiger partial charge in [-0.25, -0.2) is 4.98 Å². The molecule has 3 rings (SSSR count). The second-order valence-corrected chi connectivity index (χ2v) is 6.45. The number of aliphatic hydroxyl groups excluding tert-OH is 1. The summed E-state index contributed by atoms with van der Waals surface area (Å²) >= 11 is 0. The van der Waals surface area contributed by atoms with Crippen LogP contribution in [0, 0.1) is 10.1 Å². The van der Waals surface area contributed by atoms with Gasteiger partial charge in [-0.2, -0.15) is 0 Å². The number of aromatic nitrogens is 2. The summed E-state index contributed by atoms with van der Waals surface area (Å²) in [6.07, 6.45) is 2.19. The van der Waals surface area contributed by atoms with Crippen molar-refractivity contribution >= 4 is 16.7 Å². The number of benzene rings is 2. The van der Waals surface area contributed by atoms with E-state index in [9.17, 15) is 15.2 Å². The molecular weight excluding hydrogens is 346 g/mol. The number of hydrogen-bond donors (Lipinski definition) is 1. The Kier molecular flexibility index (Phi) is 6.03. The molecule has 0 amide bonds. The summed E-state index contributed by atoms with van der Waals surface area (Å²) in [5.74, 6) is 1.32. The normalized spacial score (nSPS) is 12.2. The lowest BCUT2D eigenvalue weighted by atomic mass is 10.2. The van der Waals surface area contributed by atoms with Crippen LogP contribution in [0.3, 0.4) is 0 Å². The van der Waals surface area contributed by atoms with Crippen molar-refractivity contribution in [3.63, 3.8) is 0 Å². The number of imidazole rings is 1. The average molecular weight is 369 g/mol. The predicted octanol–water partition coefficient (Wildman–Crippen LogP) is 3.73. The Morgan fingerprint density at radius 3 is 2.85 bits per heavy atom. The quantitative estimate of drug-likeness (QED) is 0.458. The van der Waals surface area contributed by atoms with Gasteiger partial charge in [0.1, 0.15) is 24.3 Å². The number of nitro groups is 1. The molecule has 142 valence electrons. The molecule has 0 fully saturated rings. The number of rotatable bonds is 9. The Labute approximate surface area is 157 Å². The Hall–Kier alpha value is -2.93. The minimum absolute atomic E-state index is 0.0376. The van der Waals surface area contributed by atoms with Gasteiger partial charge in [0.2, 0.25) is 0 Å². The van der Waals surface area contributed by atoms with Crippen LogP contribution in [0.2, 0.25) is 0 Å². The molecule has 7 heteroatoms. The lowest BCUT2D eigenvalue weighted by Crippen LogP contribution is -2.24. The third kappa shape index (κ3) is 4.62. The van der Waals surface area contributed by atoms with Gasteiger partial charge in [0.25, 0.3) is 5.69 Å². The molecule has 1 unspecified atom stereocenters. The van der Waals surface area contributed by atoms with Crippen molar-refractivity contribution in [2.75, 3.05) is 6.61 Å². The maximum absolute atomic E-state index is 10.8. The number of ether oxygens (including phenoxy) is 1. The molecule has 0 aliphatic heterocycles. The van der Waals surface area contributed by atoms with E-state index in [1.54, 1.807) is 12.1 Å². The van der Waals surface area contributed by atoms with Crippen molar-refractivity contribution in [2.45, 2.75) is 38.8 Å². The Morgan fingerprint density at radius 2 is 2.07 bits per heavy atom. The highest BCUT2D eigenvalue weighted by Gasteiger charge is 2.15. The molecule has 1 atom stereocenters. The van der Waals surface area contributed by atoms with Gasteiger partial charge in [0.05, 0.1) is 28.6 Å². The predicted molar refractivity (Wildman–Crippen MR) is 103 cm³/mol. The molecule has 0 saturated carbocycles. The monoisotopic (exact) mass is 369 g/mol. The highest BCUT2D eigenvalue weighted by molar-refractivity contribution is 5.75. The molecule has 0 bridgehead atoms. The fourth-order valence-corrected chi connectivity index (χ4v) is 3.00. The zero-order valence-electron chi connectivity index (χ0n) is 15.2. The SMILES string of the molecule is CCCCc1nc2ccccc2n1CC(O)COc1cccc([N+](=O)[O-])c1. The maximum Gasteiger partial charge on any atom is 0.273 e. The highest BCUT2D eigenvalue weighted by Crippen LogP contribution is 2.21. The third-order valence-electron chi connectivity index (χ3n) is 4.35. The molecule has 7 nitrogen and oxygen atoms in total. The van der Waals surface area contributed by atoms with Crippen LogP contribution in [-0.4, -0.2) is 32.3 Å². The number of fused-ring (bicyclic) bond motifs is 1. The molecular formula is C20H23N3O4. The first kappa shape index (κ1) is 18.8. The second-order valence-electron chi connectivity index (χ2n) is 6.45. The minimum Gasteiger partial charge on any atom is -0.491 e. The number of unbranched alkanes of at least 4 members (excludes halogenated alkanes) is 1. The molecule has 27 heavy (non-hydrogen) atoms. The van der Waals surface area contributed by atoms with Crippen molar-refractivity contribution in [3.05, 3.63) is 64.5 Å². The summed E-state index contributed by atoms with van der Waals surface area (Å²) in [5, 5.41) is 21.3. The summed E-state index contributed by atoms with van der Waals surface area (Å²) in [6, 6.07) is 13.8. The molecule has 3 aromatic rings. The number of non-ortho nitro benzene ring substituents is 1. The smallest absolute Gasteiger partial charge is 0.273 e. The second kappa shape index (κ2) is 8.64. The van der Waals surface area contributed by atoms with Gasteiger partial charge in [-0.05, 0) is 24.6 Å². The van der Waals surface area contributed by atoms with Crippen molar-refractivity contribution in [1.82, 2.24) is 9.55 Å². The number of nitro benzene ring substituents is 1. The zero-order valence-corrected chi connectivity index (χ0v) is 15.2.